The molecule has 0 radical (unpaired) electrons. The van der Waals surface area contributed by atoms with Gasteiger partial charge in [0.15, 0.2) is 0 Å². The summed E-state index contributed by atoms with van der Waals surface area (Å²) in [5.74, 6) is -0.744. The Morgan fingerprint density at radius 2 is 1.62 bits per heavy atom. The highest BCUT2D eigenvalue weighted by Gasteiger charge is 2.32. The standard InChI is InChI=1S/C24H42N2O6Si2/c1-8-32-24(29)20-9-10-25(17-30-11-13-33(2,3)4)23(28)22-21(20)15-19(16-27)26(22)18-31-12-14-34(5,6)7/h9,15,27H,8,10-14,16-18H2,1-7H3. The molecule has 0 bridgehead atoms. The van der Waals surface area contributed by atoms with Crippen LogP contribution >= 0.6 is 0 Å². The minimum atomic E-state index is -1.27. The second-order valence-corrected chi connectivity index (χ2v) is 22.3. The molecule has 1 aliphatic rings. The van der Waals surface area contributed by atoms with E-state index in [0.717, 1.165) is 12.1 Å². The van der Waals surface area contributed by atoms with Gasteiger partial charge in [0.2, 0.25) is 0 Å². The van der Waals surface area contributed by atoms with Crippen molar-refractivity contribution in [3.05, 3.63) is 29.1 Å². The average molecular weight is 511 g/mol. The predicted octanol–water partition coefficient (Wildman–Crippen LogP) is 4.01. The Morgan fingerprint density at radius 1 is 1.03 bits per heavy atom. The molecule has 0 saturated carbocycles. The highest BCUT2D eigenvalue weighted by atomic mass is 28.3. The predicted molar refractivity (Wildman–Crippen MR) is 139 cm³/mol. The summed E-state index contributed by atoms with van der Waals surface area (Å²) in [6.07, 6.45) is 1.71. The van der Waals surface area contributed by atoms with Crippen LogP contribution in [0.15, 0.2) is 12.1 Å². The molecule has 8 nitrogen and oxygen atoms in total. The van der Waals surface area contributed by atoms with E-state index in [1.807, 2.05) is 0 Å². The van der Waals surface area contributed by atoms with Crippen LogP contribution < -0.4 is 0 Å². The number of fused-ring (bicyclic) bond motifs is 1. The fourth-order valence-electron chi connectivity index (χ4n) is 3.46. The quantitative estimate of drug-likeness (QED) is 0.245. The summed E-state index contributed by atoms with van der Waals surface area (Å²) in [5, 5.41) is 10.0. The smallest absolute Gasteiger partial charge is 0.338 e. The Bertz CT molecular complexity index is 883. The number of nitrogens with zero attached hydrogens (tertiary/aromatic N) is 2. The molecule has 1 aliphatic heterocycles. The summed E-state index contributed by atoms with van der Waals surface area (Å²) in [5.41, 5.74) is 1.63. The molecule has 192 valence electrons. The number of hydrogen-bond donors (Lipinski definition) is 1. The van der Waals surface area contributed by atoms with E-state index in [1.54, 1.807) is 28.5 Å². The Morgan fingerprint density at radius 3 is 2.15 bits per heavy atom. The maximum Gasteiger partial charge on any atom is 0.338 e. The van der Waals surface area contributed by atoms with Crippen LogP contribution in [0, 0.1) is 0 Å². The zero-order valence-corrected chi connectivity index (χ0v) is 23.9. The van der Waals surface area contributed by atoms with Crippen LogP contribution in [-0.2, 0) is 32.3 Å². The molecular weight excluding hydrogens is 468 g/mol. The largest absolute Gasteiger partial charge is 0.462 e. The lowest BCUT2D eigenvalue weighted by molar-refractivity contribution is -0.136. The number of amides is 1. The lowest BCUT2D eigenvalue weighted by Gasteiger charge is -2.23. The van der Waals surface area contributed by atoms with E-state index in [-0.39, 0.29) is 39.1 Å². The Balaban J connectivity index is 2.34. The van der Waals surface area contributed by atoms with Gasteiger partial charge in [-0.3, -0.25) is 4.79 Å². The molecule has 10 heteroatoms. The number of aliphatic hydroxyl groups is 1. The lowest BCUT2D eigenvalue weighted by atomic mass is 10.1. The van der Waals surface area contributed by atoms with E-state index in [1.165, 1.54) is 0 Å². The van der Waals surface area contributed by atoms with Gasteiger partial charge in [-0.15, -0.1) is 0 Å². The molecule has 0 aliphatic carbocycles. The summed E-state index contributed by atoms with van der Waals surface area (Å²) >= 11 is 0. The van der Waals surface area contributed by atoms with Crippen molar-refractivity contribution in [2.75, 3.05) is 33.1 Å². The Kier molecular flexibility index (Phi) is 10.3. The molecule has 0 unspecified atom stereocenters. The van der Waals surface area contributed by atoms with E-state index >= 15 is 0 Å². The fraction of sp³-hybridized carbons (Fsp3) is 0.667. The Labute approximate surface area is 205 Å². The van der Waals surface area contributed by atoms with Gasteiger partial charge in [0.05, 0.1) is 18.8 Å². The second kappa shape index (κ2) is 12.3. The van der Waals surface area contributed by atoms with E-state index in [0.29, 0.717) is 35.7 Å². The number of carbonyl (C=O) groups excluding carboxylic acids is 2. The van der Waals surface area contributed by atoms with Crippen LogP contribution in [-0.4, -0.2) is 75.7 Å². The average Bonchev–Trinajstić information content (AvgIpc) is 3.02. The topological polar surface area (TPSA) is 90.2 Å². The van der Waals surface area contributed by atoms with E-state index in [2.05, 4.69) is 39.3 Å². The van der Waals surface area contributed by atoms with Crippen LogP contribution in [0.4, 0.5) is 0 Å². The number of rotatable bonds is 13. The minimum absolute atomic E-state index is 0.127. The molecule has 0 atom stereocenters. The van der Waals surface area contributed by atoms with E-state index in [4.69, 9.17) is 14.2 Å². The van der Waals surface area contributed by atoms with Gasteiger partial charge in [0, 0.05) is 47.2 Å². The maximum absolute atomic E-state index is 13.6. The lowest BCUT2D eigenvalue weighted by Crippen LogP contribution is -2.35. The molecule has 1 aromatic rings. The van der Waals surface area contributed by atoms with Gasteiger partial charge < -0.3 is 28.8 Å². The van der Waals surface area contributed by atoms with Crippen molar-refractivity contribution in [2.45, 2.75) is 71.6 Å². The normalized spacial score (nSPS) is 14.6. The minimum Gasteiger partial charge on any atom is -0.462 e. The van der Waals surface area contributed by atoms with Crippen molar-refractivity contribution < 1.29 is 28.9 Å². The monoisotopic (exact) mass is 510 g/mol. The van der Waals surface area contributed by atoms with E-state index in [9.17, 15) is 14.7 Å². The van der Waals surface area contributed by atoms with Gasteiger partial charge in [0.25, 0.3) is 5.91 Å². The highest BCUT2D eigenvalue weighted by Crippen LogP contribution is 2.29. The van der Waals surface area contributed by atoms with Crippen LogP contribution in [0.25, 0.3) is 5.57 Å². The second-order valence-electron chi connectivity index (χ2n) is 11.0. The van der Waals surface area contributed by atoms with Gasteiger partial charge >= 0.3 is 5.97 Å². The van der Waals surface area contributed by atoms with Gasteiger partial charge in [-0.25, -0.2) is 4.79 Å². The van der Waals surface area contributed by atoms with Crippen LogP contribution in [0.1, 0.15) is 28.7 Å². The number of aromatic nitrogens is 1. The molecule has 0 aromatic carbocycles. The highest BCUT2D eigenvalue weighted by molar-refractivity contribution is 6.76. The zero-order valence-electron chi connectivity index (χ0n) is 21.9. The molecule has 0 saturated heterocycles. The van der Waals surface area contributed by atoms with Gasteiger partial charge in [-0.1, -0.05) is 39.3 Å². The number of hydrogen-bond acceptors (Lipinski definition) is 6. The third-order valence-electron chi connectivity index (χ3n) is 5.60. The third kappa shape index (κ3) is 8.19. The molecule has 1 aromatic heterocycles. The van der Waals surface area contributed by atoms with E-state index < -0.39 is 22.1 Å². The summed E-state index contributed by atoms with van der Waals surface area (Å²) < 4.78 is 18.7. The molecule has 2 heterocycles. The van der Waals surface area contributed by atoms with Crippen molar-refractivity contribution >= 4 is 33.6 Å². The molecule has 0 fully saturated rings. The first-order valence-corrected chi connectivity index (χ1v) is 19.4. The van der Waals surface area contributed by atoms with Crippen molar-refractivity contribution in [2.24, 2.45) is 0 Å². The number of aliphatic hydroxyl groups excluding tert-OH is 1. The number of esters is 1. The first kappa shape index (κ1) is 28.5. The van der Waals surface area contributed by atoms with Crippen LogP contribution in [0.5, 0.6) is 0 Å². The molecule has 34 heavy (non-hydrogen) atoms. The number of carbonyl (C=O) groups is 2. The van der Waals surface area contributed by atoms with Gasteiger partial charge in [0.1, 0.15) is 19.2 Å². The van der Waals surface area contributed by atoms with Crippen LogP contribution in [0.3, 0.4) is 0 Å². The van der Waals surface area contributed by atoms with Crippen molar-refractivity contribution in [1.82, 2.24) is 9.47 Å². The fourth-order valence-corrected chi connectivity index (χ4v) is 4.97. The summed E-state index contributed by atoms with van der Waals surface area (Å²) in [7, 11) is -2.53. The summed E-state index contributed by atoms with van der Waals surface area (Å²) in [6.45, 7) is 17.0. The summed E-state index contributed by atoms with van der Waals surface area (Å²) in [6, 6.07) is 3.68. The molecule has 1 N–H and O–H groups in total. The molecular formula is C24H42N2O6Si2. The van der Waals surface area contributed by atoms with Gasteiger partial charge in [-0.2, -0.15) is 0 Å². The van der Waals surface area contributed by atoms with Gasteiger partial charge in [-0.05, 0) is 31.2 Å². The zero-order chi connectivity index (χ0) is 25.5. The summed E-state index contributed by atoms with van der Waals surface area (Å²) in [4.78, 5) is 27.9. The Hall–Kier alpha value is -1.73. The van der Waals surface area contributed by atoms with Crippen LogP contribution in [0.2, 0.25) is 51.4 Å². The molecule has 1 amide bonds. The third-order valence-corrected chi connectivity index (χ3v) is 9.00. The number of ether oxygens (including phenoxy) is 3. The molecule has 2 rings (SSSR count). The maximum atomic E-state index is 13.6. The first-order chi connectivity index (χ1) is 15.9. The molecule has 0 spiro atoms. The van der Waals surface area contributed by atoms with Crippen molar-refractivity contribution in [3.8, 4) is 0 Å². The SMILES string of the molecule is CCOC(=O)C1=CCN(COCC[Si](C)(C)C)C(=O)c2c1cc(CO)n2COCC[Si](C)(C)C. The van der Waals surface area contributed by atoms with Crippen molar-refractivity contribution in [3.63, 3.8) is 0 Å². The van der Waals surface area contributed by atoms with Crippen molar-refractivity contribution in [1.29, 1.82) is 0 Å². The first-order valence-electron chi connectivity index (χ1n) is 12.0.